The van der Waals surface area contributed by atoms with Crippen LogP contribution in [0, 0.1) is 0 Å². The van der Waals surface area contributed by atoms with E-state index in [1.807, 2.05) is 20.0 Å². The van der Waals surface area contributed by atoms with E-state index in [1.54, 1.807) is 21.9 Å². The van der Waals surface area contributed by atoms with E-state index in [0.717, 1.165) is 30.5 Å². The molecule has 114 valence electrons. The summed E-state index contributed by atoms with van der Waals surface area (Å²) in [5.41, 5.74) is 1.98. The monoisotopic (exact) mass is 290 g/mol. The Morgan fingerprint density at radius 3 is 2.76 bits per heavy atom. The maximum atomic E-state index is 12.6. The molecule has 0 aliphatic carbocycles. The van der Waals surface area contributed by atoms with Crippen molar-refractivity contribution < 1.29 is 14.7 Å². The molecule has 21 heavy (non-hydrogen) atoms. The summed E-state index contributed by atoms with van der Waals surface area (Å²) in [4.78, 5) is 27.1. The number of carbonyl (C=O) groups excluding carboxylic acids is 1. The van der Waals surface area contributed by atoms with Gasteiger partial charge in [-0.1, -0.05) is 19.4 Å². The molecule has 0 saturated heterocycles. The largest absolute Gasteiger partial charge is 0.478 e. The molecule has 2 rings (SSSR count). The Hall–Kier alpha value is -2.04. The minimum Gasteiger partial charge on any atom is -0.478 e. The summed E-state index contributed by atoms with van der Waals surface area (Å²) in [7, 11) is 1.81. The lowest BCUT2D eigenvalue weighted by Crippen LogP contribution is -2.44. The van der Waals surface area contributed by atoms with Crippen molar-refractivity contribution >= 4 is 17.7 Å². The first-order valence-electron chi connectivity index (χ1n) is 7.36. The fourth-order valence-corrected chi connectivity index (χ4v) is 2.70. The van der Waals surface area contributed by atoms with E-state index >= 15 is 0 Å². The molecular formula is C16H22N2O3. The molecule has 0 radical (unpaired) electrons. The topological polar surface area (TPSA) is 60.9 Å². The molecule has 1 N–H and O–H groups in total. The van der Waals surface area contributed by atoms with Crippen molar-refractivity contribution in [2.45, 2.75) is 39.2 Å². The van der Waals surface area contributed by atoms with Crippen molar-refractivity contribution in [2.75, 3.05) is 18.5 Å². The molecule has 0 saturated carbocycles. The number of urea groups is 1. The van der Waals surface area contributed by atoms with E-state index in [4.69, 9.17) is 5.11 Å². The van der Waals surface area contributed by atoms with Crippen LogP contribution in [-0.4, -0.2) is 41.6 Å². The predicted octanol–water partition coefficient (Wildman–Crippen LogP) is 2.99. The first-order chi connectivity index (χ1) is 9.95. The number of carbonyl (C=O) groups is 2. The van der Waals surface area contributed by atoms with Crippen molar-refractivity contribution in [3.8, 4) is 0 Å². The number of fused-ring (bicyclic) bond motifs is 1. The van der Waals surface area contributed by atoms with Crippen LogP contribution in [-0.2, 0) is 6.42 Å². The fraction of sp³-hybridized carbons (Fsp3) is 0.500. The Balaban J connectivity index is 2.23. The highest BCUT2D eigenvalue weighted by molar-refractivity contribution is 5.97. The van der Waals surface area contributed by atoms with Gasteiger partial charge in [0.2, 0.25) is 0 Å². The second-order valence-corrected chi connectivity index (χ2v) is 5.58. The maximum absolute atomic E-state index is 12.6. The van der Waals surface area contributed by atoms with Gasteiger partial charge in [0.1, 0.15) is 0 Å². The minimum atomic E-state index is -0.968. The Kier molecular flexibility index (Phi) is 4.50. The molecule has 1 heterocycles. The van der Waals surface area contributed by atoms with E-state index in [1.165, 1.54) is 0 Å². The molecule has 0 fully saturated rings. The summed E-state index contributed by atoms with van der Waals surface area (Å²) >= 11 is 0. The van der Waals surface area contributed by atoms with E-state index in [9.17, 15) is 9.59 Å². The number of carboxylic acids is 1. The zero-order valence-corrected chi connectivity index (χ0v) is 12.8. The maximum Gasteiger partial charge on any atom is 0.335 e. The summed E-state index contributed by atoms with van der Waals surface area (Å²) in [6, 6.07) is 5.12. The third-order valence-electron chi connectivity index (χ3n) is 4.13. The van der Waals surface area contributed by atoms with Crippen LogP contribution in [0.2, 0.25) is 0 Å². The van der Waals surface area contributed by atoms with Crippen molar-refractivity contribution in [2.24, 2.45) is 0 Å². The average molecular weight is 290 g/mol. The molecule has 5 heteroatoms. The Labute approximate surface area is 125 Å². The molecule has 1 aliphatic heterocycles. The van der Waals surface area contributed by atoms with Crippen molar-refractivity contribution in [1.29, 1.82) is 0 Å². The summed E-state index contributed by atoms with van der Waals surface area (Å²) < 4.78 is 0. The van der Waals surface area contributed by atoms with Gasteiger partial charge in [-0.2, -0.15) is 0 Å². The Morgan fingerprint density at radius 1 is 1.43 bits per heavy atom. The second-order valence-electron chi connectivity index (χ2n) is 5.58. The number of nitrogens with zero attached hydrogens (tertiary/aromatic N) is 2. The van der Waals surface area contributed by atoms with Crippen LogP contribution in [0.1, 0.15) is 42.6 Å². The van der Waals surface area contributed by atoms with Gasteiger partial charge in [0.25, 0.3) is 0 Å². The highest BCUT2D eigenvalue weighted by atomic mass is 16.4. The fourth-order valence-electron chi connectivity index (χ4n) is 2.70. The third-order valence-corrected chi connectivity index (χ3v) is 4.13. The summed E-state index contributed by atoms with van der Waals surface area (Å²) in [5.74, 6) is -0.968. The van der Waals surface area contributed by atoms with Crippen LogP contribution in [0.5, 0.6) is 0 Å². The van der Waals surface area contributed by atoms with Crippen LogP contribution in [0.15, 0.2) is 18.2 Å². The summed E-state index contributed by atoms with van der Waals surface area (Å²) in [6.07, 6.45) is 2.76. The van der Waals surface area contributed by atoms with Gasteiger partial charge in [0.15, 0.2) is 0 Å². The number of aromatic carboxylic acids is 1. The van der Waals surface area contributed by atoms with Gasteiger partial charge < -0.3 is 10.0 Å². The van der Waals surface area contributed by atoms with Crippen LogP contribution >= 0.6 is 0 Å². The standard InChI is InChI=1S/C16H22N2O3/c1-4-5-11(2)17(3)16(21)18-9-8-12-6-7-13(15(19)20)10-14(12)18/h6-7,10-11H,4-5,8-9H2,1-3H3,(H,19,20). The third kappa shape index (κ3) is 3.01. The average Bonchev–Trinajstić information content (AvgIpc) is 2.88. The van der Waals surface area contributed by atoms with E-state index in [2.05, 4.69) is 6.92 Å². The molecule has 5 nitrogen and oxygen atoms in total. The molecular weight excluding hydrogens is 268 g/mol. The molecule has 1 aromatic rings. The molecule has 1 aromatic carbocycles. The zero-order chi connectivity index (χ0) is 15.6. The number of carboxylic acid groups (broad SMARTS) is 1. The summed E-state index contributed by atoms with van der Waals surface area (Å²) in [5, 5.41) is 9.09. The van der Waals surface area contributed by atoms with Gasteiger partial charge in [-0.15, -0.1) is 0 Å². The van der Waals surface area contributed by atoms with Crippen LogP contribution in [0.25, 0.3) is 0 Å². The number of hydrogen-bond donors (Lipinski definition) is 1. The van der Waals surface area contributed by atoms with E-state index in [-0.39, 0.29) is 17.6 Å². The number of benzene rings is 1. The SMILES string of the molecule is CCCC(C)N(C)C(=O)N1CCc2ccc(C(=O)O)cc21. The Morgan fingerprint density at radius 2 is 2.14 bits per heavy atom. The lowest BCUT2D eigenvalue weighted by Gasteiger charge is -2.30. The summed E-state index contributed by atoms with van der Waals surface area (Å²) in [6.45, 7) is 4.74. The highest BCUT2D eigenvalue weighted by Crippen LogP contribution is 2.30. The Bertz CT molecular complexity index is 556. The number of rotatable bonds is 4. The van der Waals surface area contributed by atoms with Gasteiger partial charge in [-0.25, -0.2) is 9.59 Å². The first-order valence-corrected chi connectivity index (χ1v) is 7.36. The van der Waals surface area contributed by atoms with Crippen LogP contribution in [0.3, 0.4) is 0 Å². The van der Waals surface area contributed by atoms with Gasteiger partial charge in [0.05, 0.1) is 5.56 Å². The minimum absolute atomic E-state index is 0.0581. The first kappa shape index (κ1) is 15.4. The normalized spacial score (nSPS) is 14.7. The zero-order valence-electron chi connectivity index (χ0n) is 12.8. The molecule has 0 spiro atoms. The van der Waals surface area contributed by atoms with Gasteiger partial charge in [-0.3, -0.25) is 4.90 Å². The van der Waals surface area contributed by atoms with Gasteiger partial charge >= 0.3 is 12.0 Å². The number of anilines is 1. The lowest BCUT2D eigenvalue weighted by atomic mass is 10.1. The lowest BCUT2D eigenvalue weighted by molar-refractivity contribution is 0.0697. The quantitative estimate of drug-likeness (QED) is 0.927. The number of amides is 2. The van der Waals surface area contributed by atoms with E-state index < -0.39 is 5.97 Å². The van der Waals surface area contributed by atoms with E-state index in [0.29, 0.717) is 6.54 Å². The second kappa shape index (κ2) is 6.16. The predicted molar refractivity (Wildman–Crippen MR) is 82.0 cm³/mol. The molecule has 0 bridgehead atoms. The highest BCUT2D eigenvalue weighted by Gasteiger charge is 2.29. The molecule has 1 unspecified atom stereocenters. The van der Waals surface area contributed by atoms with Crippen LogP contribution in [0.4, 0.5) is 10.5 Å². The molecule has 1 aliphatic rings. The smallest absolute Gasteiger partial charge is 0.335 e. The molecule has 0 aromatic heterocycles. The van der Waals surface area contributed by atoms with Crippen LogP contribution < -0.4 is 4.90 Å². The van der Waals surface area contributed by atoms with Crippen molar-refractivity contribution in [1.82, 2.24) is 4.90 Å². The van der Waals surface area contributed by atoms with Crippen molar-refractivity contribution in [3.63, 3.8) is 0 Å². The molecule has 1 atom stereocenters. The number of hydrogen-bond acceptors (Lipinski definition) is 2. The van der Waals surface area contributed by atoms with Gasteiger partial charge in [0, 0.05) is 25.3 Å². The van der Waals surface area contributed by atoms with Crippen molar-refractivity contribution in [3.05, 3.63) is 29.3 Å². The molecule has 2 amide bonds. The van der Waals surface area contributed by atoms with Gasteiger partial charge in [-0.05, 0) is 37.5 Å².